The summed E-state index contributed by atoms with van der Waals surface area (Å²) in [6.45, 7) is 6.87. The predicted octanol–water partition coefficient (Wildman–Crippen LogP) is 4.40. The van der Waals surface area contributed by atoms with E-state index < -0.39 is 0 Å². The van der Waals surface area contributed by atoms with Crippen LogP contribution in [-0.4, -0.2) is 5.11 Å². The Bertz CT molecular complexity index is 289. The van der Waals surface area contributed by atoms with Gasteiger partial charge in [0, 0.05) is 0 Å². The van der Waals surface area contributed by atoms with Crippen LogP contribution in [0.3, 0.4) is 0 Å². The first-order valence-electron chi connectivity index (χ1n) is 6.45. The molecule has 1 nitrogen and oxygen atoms in total. The van der Waals surface area contributed by atoms with Crippen LogP contribution in [-0.2, 0) is 6.42 Å². The average Bonchev–Trinajstić information content (AvgIpc) is 2.30. The normalized spacial score (nSPS) is 14.7. The van der Waals surface area contributed by atoms with Gasteiger partial charge in [-0.25, -0.2) is 0 Å². The second-order valence-corrected chi connectivity index (χ2v) is 4.80. The van der Waals surface area contributed by atoms with Crippen LogP contribution >= 0.6 is 0 Å². The minimum Gasteiger partial charge on any atom is -0.508 e. The van der Waals surface area contributed by atoms with E-state index in [0.717, 1.165) is 18.3 Å². The largest absolute Gasteiger partial charge is 0.508 e. The Hall–Kier alpha value is -0.980. The molecule has 0 saturated carbocycles. The molecule has 1 rings (SSSR count). The molecule has 0 bridgehead atoms. The van der Waals surface area contributed by atoms with Crippen LogP contribution in [0.5, 0.6) is 5.75 Å². The second kappa shape index (κ2) is 6.57. The molecule has 0 spiro atoms. The first kappa shape index (κ1) is 13.1. The number of benzene rings is 1. The number of phenols is 1. The molecule has 0 aliphatic carbocycles. The molecule has 2 atom stereocenters. The van der Waals surface area contributed by atoms with Crippen molar-refractivity contribution in [2.24, 2.45) is 11.8 Å². The maximum Gasteiger partial charge on any atom is 0.115 e. The van der Waals surface area contributed by atoms with Gasteiger partial charge in [-0.3, -0.25) is 0 Å². The molecular formula is C15H24O. The number of aromatic hydroxyl groups is 1. The van der Waals surface area contributed by atoms with E-state index in [2.05, 4.69) is 20.8 Å². The standard InChI is InChI=1S/C15H24O/c1-4-6-14(12(3)5-2)11-13-7-9-15(16)10-8-13/h7-10,12,14,16H,4-6,11H2,1-3H3. The summed E-state index contributed by atoms with van der Waals surface area (Å²) < 4.78 is 0. The van der Waals surface area contributed by atoms with Gasteiger partial charge in [-0.1, -0.05) is 52.2 Å². The third-order valence-corrected chi connectivity index (χ3v) is 3.54. The molecule has 0 aliphatic heterocycles. The lowest BCUT2D eigenvalue weighted by molar-refractivity contribution is 0.322. The van der Waals surface area contributed by atoms with E-state index in [1.165, 1.54) is 24.8 Å². The summed E-state index contributed by atoms with van der Waals surface area (Å²) in [4.78, 5) is 0. The molecule has 0 fully saturated rings. The number of hydrogen-bond acceptors (Lipinski definition) is 1. The van der Waals surface area contributed by atoms with Crippen molar-refractivity contribution in [1.29, 1.82) is 0 Å². The Morgan fingerprint density at radius 3 is 2.25 bits per heavy atom. The van der Waals surface area contributed by atoms with E-state index in [9.17, 15) is 5.11 Å². The van der Waals surface area contributed by atoms with Gasteiger partial charge in [-0.15, -0.1) is 0 Å². The lowest BCUT2D eigenvalue weighted by atomic mass is 9.83. The molecule has 1 N–H and O–H groups in total. The minimum absolute atomic E-state index is 0.360. The fraction of sp³-hybridized carbons (Fsp3) is 0.600. The maximum atomic E-state index is 9.25. The van der Waals surface area contributed by atoms with Crippen LogP contribution in [0.2, 0.25) is 0 Å². The van der Waals surface area contributed by atoms with E-state index >= 15 is 0 Å². The summed E-state index contributed by atoms with van der Waals surface area (Å²) in [7, 11) is 0. The second-order valence-electron chi connectivity index (χ2n) is 4.80. The molecule has 0 radical (unpaired) electrons. The Morgan fingerprint density at radius 1 is 1.12 bits per heavy atom. The van der Waals surface area contributed by atoms with E-state index in [1.807, 2.05) is 12.1 Å². The van der Waals surface area contributed by atoms with Gasteiger partial charge in [-0.2, -0.15) is 0 Å². The van der Waals surface area contributed by atoms with Crippen LogP contribution in [0.25, 0.3) is 0 Å². The van der Waals surface area contributed by atoms with E-state index in [-0.39, 0.29) is 0 Å². The van der Waals surface area contributed by atoms with Crippen LogP contribution in [0.4, 0.5) is 0 Å². The summed E-state index contributed by atoms with van der Waals surface area (Å²) >= 11 is 0. The van der Waals surface area contributed by atoms with Crippen LogP contribution in [0, 0.1) is 11.8 Å². The van der Waals surface area contributed by atoms with E-state index in [0.29, 0.717) is 5.75 Å². The Morgan fingerprint density at radius 2 is 1.75 bits per heavy atom. The summed E-state index contributed by atoms with van der Waals surface area (Å²) in [5.74, 6) is 1.92. The molecule has 1 aromatic rings. The molecule has 0 heterocycles. The van der Waals surface area contributed by atoms with Gasteiger partial charge < -0.3 is 5.11 Å². The third-order valence-electron chi connectivity index (χ3n) is 3.54. The number of hydrogen-bond donors (Lipinski definition) is 1. The molecule has 0 aromatic heterocycles. The van der Waals surface area contributed by atoms with Crippen molar-refractivity contribution in [3.63, 3.8) is 0 Å². The van der Waals surface area contributed by atoms with Gasteiger partial charge in [0.15, 0.2) is 0 Å². The van der Waals surface area contributed by atoms with Crippen LogP contribution in [0.15, 0.2) is 24.3 Å². The molecule has 0 aliphatic rings. The Balaban J connectivity index is 2.63. The molecule has 0 saturated heterocycles. The highest BCUT2D eigenvalue weighted by Gasteiger charge is 2.15. The maximum absolute atomic E-state index is 9.25. The average molecular weight is 220 g/mol. The number of phenolic OH excluding ortho intramolecular Hbond substituents is 1. The Labute approximate surface area is 99.5 Å². The van der Waals surface area contributed by atoms with Crippen molar-refractivity contribution in [2.45, 2.75) is 46.5 Å². The summed E-state index contributed by atoms with van der Waals surface area (Å²) in [5.41, 5.74) is 1.34. The minimum atomic E-state index is 0.360. The fourth-order valence-electron chi connectivity index (χ4n) is 2.23. The SMILES string of the molecule is CCCC(Cc1ccc(O)cc1)C(C)CC. The van der Waals surface area contributed by atoms with Crippen molar-refractivity contribution in [3.8, 4) is 5.75 Å². The zero-order valence-corrected chi connectivity index (χ0v) is 10.7. The first-order valence-corrected chi connectivity index (χ1v) is 6.45. The highest BCUT2D eigenvalue weighted by molar-refractivity contribution is 5.26. The first-order chi connectivity index (χ1) is 7.67. The summed E-state index contributed by atoms with van der Waals surface area (Å²) in [5, 5.41) is 9.25. The molecular weight excluding hydrogens is 196 g/mol. The fourth-order valence-corrected chi connectivity index (χ4v) is 2.23. The van der Waals surface area contributed by atoms with Gasteiger partial charge >= 0.3 is 0 Å². The summed E-state index contributed by atoms with van der Waals surface area (Å²) in [6.07, 6.45) is 4.95. The predicted molar refractivity (Wildman–Crippen MR) is 69.7 cm³/mol. The highest BCUT2D eigenvalue weighted by atomic mass is 16.3. The van der Waals surface area contributed by atoms with Crippen molar-refractivity contribution in [1.82, 2.24) is 0 Å². The number of rotatable bonds is 6. The van der Waals surface area contributed by atoms with Crippen LogP contribution in [0.1, 0.15) is 45.6 Å². The topological polar surface area (TPSA) is 20.2 Å². The smallest absolute Gasteiger partial charge is 0.115 e. The lowest BCUT2D eigenvalue weighted by Gasteiger charge is -2.22. The van der Waals surface area contributed by atoms with Gasteiger partial charge in [0.25, 0.3) is 0 Å². The zero-order valence-electron chi connectivity index (χ0n) is 10.7. The molecule has 0 amide bonds. The van der Waals surface area contributed by atoms with Crippen molar-refractivity contribution >= 4 is 0 Å². The van der Waals surface area contributed by atoms with Crippen molar-refractivity contribution in [2.75, 3.05) is 0 Å². The van der Waals surface area contributed by atoms with E-state index in [1.54, 1.807) is 12.1 Å². The van der Waals surface area contributed by atoms with Gasteiger partial charge in [0.05, 0.1) is 0 Å². The quantitative estimate of drug-likeness (QED) is 0.753. The molecule has 90 valence electrons. The Kier molecular flexibility index (Phi) is 5.37. The highest BCUT2D eigenvalue weighted by Crippen LogP contribution is 2.25. The molecule has 16 heavy (non-hydrogen) atoms. The summed E-state index contributed by atoms with van der Waals surface area (Å²) in [6, 6.07) is 7.66. The van der Waals surface area contributed by atoms with Crippen LogP contribution < -0.4 is 0 Å². The lowest BCUT2D eigenvalue weighted by Crippen LogP contribution is -2.13. The molecule has 1 heteroatoms. The van der Waals surface area contributed by atoms with E-state index in [4.69, 9.17) is 0 Å². The van der Waals surface area contributed by atoms with Gasteiger partial charge in [0.2, 0.25) is 0 Å². The van der Waals surface area contributed by atoms with Crippen molar-refractivity contribution in [3.05, 3.63) is 29.8 Å². The van der Waals surface area contributed by atoms with Gasteiger partial charge in [-0.05, 0) is 36.0 Å². The third kappa shape index (κ3) is 3.88. The molecule has 1 aromatic carbocycles. The van der Waals surface area contributed by atoms with Gasteiger partial charge in [0.1, 0.15) is 5.75 Å². The zero-order chi connectivity index (χ0) is 12.0. The molecule has 2 unspecified atom stereocenters. The van der Waals surface area contributed by atoms with Crippen molar-refractivity contribution < 1.29 is 5.11 Å². The monoisotopic (exact) mass is 220 g/mol.